The number of nitrogens with zero attached hydrogens (tertiary/aromatic N) is 2. The summed E-state index contributed by atoms with van der Waals surface area (Å²) in [6.07, 6.45) is 0.426. The summed E-state index contributed by atoms with van der Waals surface area (Å²) in [5.41, 5.74) is 0.405. The first kappa shape index (κ1) is 15.2. The van der Waals surface area contributed by atoms with Crippen LogP contribution in [0.5, 0.6) is 0 Å². The van der Waals surface area contributed by atoms with E-state index in [2.05, 4.69) is 9.97 Å². The molecular weight excluding hydrogens is 294 g/mol. The molecule has 1 amide bonds. The zero-order chi connectivity index (χ0) is 15.4. The van der Waals surface area contributed by atoms with Crippen molar-refractivity contribution in [2.75, 3.05) is 7.05 Å². The molecule has 7 nitrogen and oxygen atoms in total. The highest BCUT2D eigenvalue weighted by atomic mass is 32.1. The highest BCUT2D eigenvalue weighted by Gasteiger charge is 2.12. The molecule has 0 fully saturated rings. The number of rotatable bonds is 6. The van der Waals surface area contributed by atoms with Gasteiger partial charge in [-0.1, -0.05) is 0 Å². The van der Waals surface area contributed by atoms with Gasteiger partial charge in [0.25, 0.3) is 5.56 Å². The molecule has 2 heterocycles. The van der Waals surface area contributed by atoms with E-state index in [-0.39, 0.29) is 30.9 Å². The van der Waals surface area contributed by atoms with Gasteiger partial charge in [-0.3, -0.25) is 14.4 Å². The number of thiophene rings is 1. The summed E-state index contributed by atoms with van der Waals surface area (Å²) in [5, 5.41) is 10.3. The number of H-pyrrole nitrogens is 1. The van der Waals surface area contributed by atoms with Crippen molar-refractivity contribution in [1.82, 2.24) is 14.9 Å². The minimum absolute atomic E-state index is 0.0322. The smallest absolute Gasteiger partial charge is 0.303 e. The third-order valence-corrected chi connectivity index (χ3v) is 3.86. The van der Waals surface area contributed by atoms with E-state index in [0.717, 1.165) is 0 Å². The van der Waals surface area contributed by atoms with Gasteiger partial charge in [0.15, 0.2) is 0 Å². The number of aromatic nitrogens is 2. The lowest BCUT2D eigenvalue weighted by atomic mass is 10.2. The Kier molecular flexibility index (Phi) is 4.69. The van der Waals surface area contributed by atoms with Crippen LogP contribution >= 0.6 is 11.3 Å². The molecule has 2 N–H and O–H groups in total. The number of hydrogen-bond donors (Lipinski definition) is 2. The number of nitrogens with one attached hydrogen (secondary N) is 1. The van der Waals surface area contributed by atoms with Crippen LogP contribution in [-0.4, -0.2) is 38.9 Å². The van der Waals surface area contributed by atoms with E-state index in [1.807, 2.05) is 0 Å². The fraction of sp³-hybridized carbons (Fsp3) is 0.385. The lowest BCUT2D eigenvalue weighted by molar-refractivity contribution is -0.137. The van der Waals surface area contributed by atoms with Crippen molar-refractivity contribution >= 4 is 33.4 Å². The molecule has 0 atom stereocenters. The van der Waals surface area contributed by atoms with Gasteiger partial charge in [0.05, 0.1) is 12.1 Å². The van der Waals surface area contributed by atoms with Crippen LogP contribution in [0.1, 0.15) is 25.1 Å². The average molecular weight is 309 g/mol. The standard InChI is InChI=1S/C13H15N3O4S/c1-16(10(17)3-2-4-11(18)19)7-9-14-8-5-6-21-12(8)13(20)15-9/h5-6H,2-4,7H2,1H3,(H,18,19)(H,14,15,20). The Morgan fingerprint density at radius 2 is 2.19 bits per heavy atom. The molecule has 0 spiro atoms. The second-order valence-electron chi connectivity index (χ2n) is 4.64. The van der Waals surface area contributed by atoms with Crippen LogP contribution in [0.4, 0.5) is 0 Å². The molecular formula is C13H15N3O4S. The normalized spacial score (nSPS) is 10.7. The maximum absolute atomic E-state index is 11.8. The fourth-order valence-corrected chi connectivity index (χ4v) is 2.62. The molecule has 2 rings (SSSR count). The Labute approximate surface area is 124 Å². The van der Waals surface area contributed by atoms with Gasteiger partial charge in [-0.2, -0.15) is 0 Å². The Balaban J connectivity index is 2.00. The van der Waals surface area contributed by atoms with Crippen molar-refractivity contribution in [2.45, 2.75) is 25.8 Å². The third-order valence-electron chi connectivity index (χ3n) is 2.96. The second kappa shape index (κ2) is 6.49. The number of carbonyl (C=O) groups excluding carboxylic acids is 1. The predicted octanol–water partition coefficient (Wildman–Crippen LogP) is 1.20. The molecule has 112 valence electrons. The van der Waals surface area contributed by atoms with Crippen LogP contribution in [0, 0.1) is 0 Å². The molecule has 0 bridgehead atoms. The summed E-state index contributed by atoms with van der Waals surface area (Å²) in [5.74, 6) is -0.677. The highest BCUT2D eigenvalue weighted by molar-refractivity contribution is 7.17. The van der Waals surface area contributed by atoms with Crippen LogP contribution in [-0.2, 0) is 16.1 Å². The van der Waals surface area contributed by atoms with Crippen molar-refractivity contribution in [3.05, 3.63) is 27.6 Å². The van der Waals surface area contributed by atoms with Gasteiger partial charge in [0.1, 0.15) is 10.5 Å². The summed E-state index contributed by atoms with van der Waals surface area (Å²) >= 11 is 1.32. The van der Waals surface area contributed by atoms with E-state index in [0.29, 0.717) is 22.5 Å². The summed E-state index contributed by atoms with van der Waals surface area (Å²) < 4.78 is 0.564. The number of carboxylic acid groups (broad SMARTS) is 1. The number of amides is 1. The lowest BCUT2D eigenvalue weighted by Gasteiger charge is -2.16. The summed E-state index contributed by atoms with van der Waals surface area (Å²) in [4.78, 5) is 42.4. The zero-order valence-electron chi connectivity index (χ0n) is 11.5. The molecule has 0 unspecified atom stereocenters. The van der Waals surface area contributed by atoms with Gasteiger partial charge >= 0.3 is 5.97 Å². The van der Waals surface area contributed by atoms with Gasteiger partial charge in [-0.15, -0.1) is 11.3 Å². The number of aliphatic carboxylic acids is 1. The van der Waals surface area contributed by atoms with Crippen molar-refractivity contribution in [3.63, 3.8) is 0 Å². The first-order valence-corrected chi connectivity index (χ1v) is 7.27. The summed E-state index contributed by atoms with van der Waals surface area (Å²) in [6.45, 7) is 0.187. The monoisotopic (exact) mass is 309 g/mol. The van der Waals surface area contributed by atoms with Crippen molar-refractivity contribution in [2.24, 2.45) is 0 Å². The molecule has 0 saturated carbocycles. The van der Waals surface area contributed by atoms with Crippen LogP contribution in [0.15, 0.2) is 16.2 Å². The predicted molar refractivity (Wildman–Crippen MR) is 78.2 cm³/mol. The van der Waals surface area contributed by atoms with Crippen LogP contribution in [0.2, 0.25) is 0 Å². The van der Waals surface area contributed by atoms with E-state index in [1.165, 1.54) is 16.2 Å². The second-order valence-corrected chi connectivity index (χ2v) is 5.56. The lowest BCUT2D eigenvalue weighted by Crippen LogP contribution is -2.28. The van der Waals surface area contributed by atoms with Gasteiger partial charge in [-0.05, 0) is 17.9 Å². The number of hydrogen-bond acceptors (Lipinski definition) is 5. The minimum atomic E-state index is -0.917. The largest absolute Gasteiger partial charge is 0.481 e. The molecule has 8 heteroatoms. The van der Waals surface area contributed by atoms with Crippen LogP contribution < -0.4 is 5.56 Å². The molecule has 0 saturated heterocycles. The number of carboxylic acids is 1. The SMILES string of the molecule is CN(Cc1nc2ccsc2c(=O)[nH]1)C(=O)CCCC(=O)O. The van der Waals surface area contributed by atoms with E-state index < -0.39 is 5.97 Å². The Morgan fingerprint density at radius 1 is 1.43 bits per heavy atom. The van der Waals surface area contributed by atoms with Gasteiger partial charge in [0.2, 0.25) is 5.91 Å². The first-order valence-electron chi connectivity index (χ1n) is 6.39. The summed E-state index contributed by atoms with van der Waals surface area (Å²) in [6, 6.07) is 1.76. The average Bonchev–Trinajstić information content (AvgIpc) is 2.86. The first-order chi connectivity index (χ1) is 9.97. The van der Waals surface area contributed by atoms with Crippen LogP contribution in [0.25, 0.3) is 10.2 Å². The zero-order valence-corrected chi connectivity index (χ0v) is 12.3. The quantitative estimate of drug-likeness (QED) is 0.834. The maximum atomic E-state index is 11.8. The van der Waals surface area contributed by atoms with E-state index >= 15 is 0 Å². The number of aromatic amines is 1. The molecule has 21 heavy (non-hydrogen) atoms. The number of fused-ring (bicyclic) bond motifs is 1. The topological polar surface area (TPSA) is 103 Å². The van der Waals surface area contributed by atoms with E-state index in [4.69, 9.17) is 5.11 Å². The Bertz CT molecular complexity index is 722. The highest BCUT2D eigenvalue weighted by Crippen LogP contribution is 2.14. The molecule has 0 aliphatic rings. The van der Waals surface area contributed by atoms with E-state index in [1.54, 1.807) is 18.5 Å². The molecule has 0 aliphatic heterocycles. The van der Waals surface area contributed by atoms with Crippen molar-refractivity contribution in [1.29, 1.82) is 0 Å². The van der Waals surface area contributed by atoms with E-state index in [9.17, 15) is 14.4 Å². The van der Waals surface area contributed by atoms with Gasteiger partial charge < -0.3 is 15.0 Å². The van der Waals surface area contributed by atoms with Crippen molar-refractivity contribution < 1.29 is 14.7 Å². The Morgan fingerprint density at radius 3 is 2.90 bits per heavy atom. The fourth-order valence-electron chi connectivity index (χ4n) is 1.89. The minimum Gasteiger partial charge on any atom is -0.481 e. The van der Waals surface area contributed by atoms with Gasteiger partial charge in [-0.25, -0.2) is 4.98 Å². The third kappa shape index (κ3) is 3.88. The molecule has 0 aliphatic carbocycles. The molecule has 0 radical (unpaired) electrons. The summed E-state index contributed by atoms with van der Waals surface area (Å²) in [7, 11) is 1.60. The maximum Gasteiger partial charge on any atom is 0.303 e. The number of carbonyl (C=O) groups is 2. The van der Waals surface area contributed by atoms with Gasteiger partial charge in [0, 0.05) is 19.9 Å². The molecule has 2 aromatic rings. The van der Waals surface area contributed by atoms with Crippen LogP contribution in [0.3, 0.4) is 0 Å². The molecule has 2 aromatic heterocycles. The Hall–Kier alpha value is -2.22. The molecule has 0 aromatic carbocycles. The van der Waals surface area contributed by atoms with Crippen molar-refractivity contribution in [3.8, 4) is 0 Å².